The molecule has 1 aliphatic rings. The van der Waals surface area contributed by atoms with E-state index in [2.05, 4.69) is 135 Å². The summed E-state index contributed by atoms with van der Waals surface area (Å²) in [5.74, 6) is 0. The number of aromatic nitrogens is 1. The van der Waals surface area contributed by atoms with Crippen LogP contribution in [0.3, 0.4) is 0 Å². The van der Waals surface area contributed by atoms with Crippen LogP contribution in [-0.4, -0.2) is 4.98 Å². The van der Waals surface area contributed by atoms with Crippen molar-refractivity contribution in [2.75, 3.05) is 0 Å². The van der Waals surface area contributed by atoms with Crippen LogP contribution in [0.15, 0.2) is 150 Å². The average molecular weight is 639 g/mol. The molecule has 0 atom stereocenters. The maximum atomic E-state index is 9.51. The molecule has 0 N–H and O–H groups in total. The Balaban J connectivity index is 1.08. The van der Waals surface area contributed by atoms with E-state index in [0.29, 0.717) is 5.56 Å². The van der Waals surface area contributed by atoms with Gasteiger partial charge in [-0.3, -0.25) is 0 Å². The number of pyridine rings is 1. The molecule has 0 amide bonds. The van der Waals surface area contributed by atoms with Crippen molar-refractivity contribution in [3.05, 3.63) is 162 Å². The van der Waals surface area contributed by atoms with Crippen molar-refractivity contribution in [3.63, 3.8) is 0 Å². The van der Waals surface area contributed by atoms with Crippen molar-refractivity contribution < 1.29 is 4.42 Å². The van der Waals surface area contributed by atoms with E-state index in [1.54, 1.807) is 0 Å². The number of nitrogens with zero attached hydrogens (tertiary/aromatic N) is 2. The molecule has 0 aliphatic heterocycles. The van der Waals surface area contributed by atoms with E-state index in [4.69, 9.17) is 9.40 Å². The molecule has 3 heteroatoms. The van der Waals surface area contributed by atoms with Crippen molar-refractivity contribution in [3.8, 4) is 50.7 Å². The SMILES string of the molecule is CC1(C)c2cc(C#N)ccc2-c2ccc(-c3ccc(-c4ccc5c(c4)nc(-c4ccccc4)c4ccc6c7ccccc7oc6c45)cc3)cc21. The van der Waals surface area contributed by atoms with Gasteiger partial charge in [0.25, 0.3) is 0 Å². The van der Waals surface area contributed by atoms with Crippen LogP contribution in [0, 0.1) is 11.3 Å². The van der Waals surface area contributed by atoms with Gasteiger partial charge in [-0.2, -0.15) is 5.26 Å². The molecular formula is C47H30N2O. The zero-order valence-corrected chi connectivity index (χ0v) is 27.7. The van der Waals surface area contributed by atoms with Crippen molar-refractivity contribution in [2.45, 2.75) is 19.3 Å². The molecule has 0 radical (unpaired) electrons. The van der Waals surface area contributed by atoms with Gasteiger partial charge in [0.2, 0.25) is 0 Å². The Morgan fingerprint density at radius 2 is 1.16 bits per heavy atom. The van der Waals surface area contributed by atoms with E-state index in [9.17, 15) is 5.26 Å². The summed E-state index contributed by atoms with van der Waals surface area (Å²) in [6.07, 6.45) is 0. The van der Waals surface area contributed by atoms with Gasteiger partial charge in [-0.15, -0.1) is 0 Å². The lowest BCUT2D eigenvalue weighted by molar-refractivity contribution is 0.660. The Hall–Kier alpha value is -6.50. The lowest BCUT2D eigenvalue weighted by atomic mass is 9.81. The molecule has 0 unspecified atom stereocenters. The van der Waals surface area contributed by atoms with Crippen LogP contribution in [0.1, 0.15) is 30.5 Å². The maximum Gasteiger partial charge on any atom is 0.144 e. The number of fused-ring (bicyclic) bond motifs is 10. The van der Waals surface area contributed by atoms with E-state index < -0.39 is 0 Å². The fourth-order valence-corrected chi connectivity index (χ4v) is 8.11. The van der Waals surface area contributed by atoms with Crippen LogP contribution in [0.2, 0.25) is 0 Å². The predicted molar refractivity (Wildman–Crippen MR) is 205 cm³/mol. The molecule has 3 nitrogen and oxygen atoms in total. The molecule has 0 spiro atoms. The highest BCUT2D eigenvalue weighted by molar-refractivity contribution is 6.24. The third kappa shape index (κ3) is 4.12. The standard InChI is InChI=1S/C47H30N2O/c1-47(2)40-24-28(27-48)12-19-34(40)35-20-17-32(25-41(35)47)29-13-15-30(16-14-29)33-18-21-38-42(26-33)49-45(31-8-4-3-5-9-31)39-23-22-37-36-10-6-7-11-43(36)50-46(37)44(38)39/h3-26H,1-2H3. The first-order chi connectivity index (χ1) is 24.5. The number of furan rings is 1. The number of rotatable bonds is 3. The monoisotopic (exact) mass is 638 g/mol. The second-order valence-corrected chi connectivity index (χ2v) is 13.9. The van der Waals surface area contributed by atoms with Gasteiger partial charge >= 0.3 is 0 Å². The Morgan fingerprint density at radius 1 is 0.540 bits per heavy atom. The molecule has 234 valence electrons. The third-order valence-electron chi connectivity index (χ3n) is 10.7. The second-order valence-electron chi connectivity index (χ2n) is 13.9. The molecule has 0 fully saturated rings. The molecule has 0 saturated heterocycles. The first kappa shape index (κ1) is 28.5. The van der Waals surface area contributed by atoms with Crippen molar-refractivity contribution in [2.24, 2.45) is 0 Å². The van der Waals surface area contributed by atoms with Gasteiger partial charge in [0.1, 0.15) is 11.2 Å². The summed E-state index contributed by atoms with van der Waals surface area (Å²) in [7, 11) is 0. The summed E-state index contributed by atoms with van der Waals surface area (Å²) in [5.41, 5.74) is 14.9. The van der Waals surface area contributed by atoms with E-state index in [0.717, 1.165) is 66.0 Å². The minimum atomic E-state index is -0.178. The molecule has 2 heterocycles. The summed E-state index contributed by atoms with van der Waals surface area (Å²) in [5, 5.41) is 15.0. The van der Waals surface area contributed by atoms with Gasteiger partial charge in [-0.1, -0.05) is 123 Å². The molecule has 2 aromatic heterocycles. The summed E-state index contributed by atoms with van der Waals surface area (Å²) in [4.78, 5) is 5.30. The van der Waals surface area contributed by atoms with Crippen LogP contribution in [0.25, 0.3) is 88.3 Å². The predicted octanol–water partition coefficient (Wildman–Crippen LogP) is 12.5. The Labute approximate surface area is 289 Å². The quantitative estimate of drug-likeness (QED) is 0.181. The van der Waals surface area contributed by atoms with Crippen LogP contribution < -0.4 is 0 Å². The lowest BCUT2D eigenvalue weighted by Crippen LogP contribution is -2.15. The van der Waals surface area contributed by atoms with Crippen molar-refractivity contribution in [1.82, 2.24) is 4.98 Å². The van der Waals surface area contributed by atoms with Crippen LogP contribution in [0.4, 0.5) is 0 Å². The number of hydrogen-bond acceptors (Lipinski definition) is 3. The van der Waals surface area contributed by atoms with Crippen LogP contribution in [0.5, 0.6) is 0 Å². The number of para-hydroxylation sites is 1. The van der Waals surface area contributed by atoms with Crippen molar-refractivity contribution >= 4 is 43.6 Å². The normalized spacial score (nSPS) is 13.1. The number of benzene rings is 7. The van der Waals surface area contributed by atoms with Crippen molar-refractivity contribution in [1.29, 1.82) is 5.26 Å². The van der Waals surface area contributed by atoms with Gasteiger partial charge < -0.3 is 4.42 Å². The maximum absolute atomic E-state index is 9.51. The first-order valence-electron chi connectivity index (χ1n) is 17.0. The molecule has 1 aliphatic carbocycles. The highest BCUT2D eigenvalue weighted by Gasteiger charge is 2.35. The van der Waals surface area contributed by atoms with Gasteiger partial charge in [0.05, 0.1) is 22.8 Å². The molecule has 10 rings (SSSR count). The molecule has 50 heavy (non-hydrogen) atoms. The Morgan fingerprint density at radius 3 is 1.94 bits per heavy atom. The van der Waals surface area contributed by atoms with Gasteiger partial charge in [0, 0.05) is 37.9 Å². The number of hydrogen-bond donors (Lipinski definition) is 0. The molecule has 9 aromatic rings. The molecule has 0 bridgehead atoms. The summed E-state index contributed by atoms with van der Waals surface area (Å²) in [6, 6.07) is 53.7. The minimum absolute atomic E-state index is 0.178. The fraction of sp³-hybridized carbons (Fsp3) is 0.0638. The average Bonchev–Trinajstić information content (AvgIpc) is 3.66. The minimum Gasteiger partial charge on any atom is -0.455 e. The third-order valence-corrected chi connectivity index (χ3v) is 10.7. The molecule has 7 aromatic carbocycles. The highest BCUT2D eigenvalue weighted by atomic mass is 16.3. The molecule has 0 saturated carbocycles. The van der Waals surface area contributed by atoms with Gasteiger partial charge in [0.15, 0.2) is 0 Å². The zero-order chi connectivity index (χ0) is 33.6. The van der Waals surface area contributed by atoms with E-state index in [1.165, 1.54) is 33.4 Å². The van der Waals surface area contributed by atoms with E-state index in [1.807, 2.05) is 30.3 Å². The van der Waals surface area contributed by atoms with Gasteiger partial charge in [-0.25, -0.2) is 4.98 Å². The van der Waals surface area contributed by atoms with E-state index >= 15 is 0 Å². The topological polar surface area (TPSA) is 49.8 Å². The Kier molecular flexibility index (Phi) is 5.99. The summed E-state index contributed by atoms with van der Waals surface area (Å²) in [6.45, 7) is 4.51. The zero-order valence-electron chi connectivity index (χ0n) is 27.7. The first-order valence-corrected chi connectivity index (χ1v) is 17.0. The van der Waals surface area contributed by atoms with Crippen LogP contribution in [-0.2, 0) is 5.41 Å². The highest BCUT2D eigenvalue weighted by Crippen LogP contribution is 2.50. The number of nitriles is 1. The summed E-state index contributed by atoms with van der Waals surface area (Å²) < 4.78 is 6.56. The lowest BCUT2D eigenvalue weighted by Gasteiger charge is -2.22. The van der Waals surface area contributed by atoms with Gasteiger partial charge in [-0.05, 0) is 80.9 Å². The van der Waals surface area contributed by atoms with E-state index in [-0.39, 0.29) is 5.41 Å². The van der Waals surface area contributed by atoms with Crippen LogP contribution >= 0.6 is 0 Å². The Bertz CT molecular complexity index is 2890. The largest absolute Gasteiger partial charge is 0.455 e. The second kappa shape index (κ2) is 10.5. The smallest absolute Gasteiger partial charge is 0.144 e. The summed E-state index contributed by atoms with van der Waals surface area (Å²) >= 11 is 0. The fourth-order valence-electron chi connectivity index (χ4n) is 8.11. The molecular weight excluding hydrogens is 609 g/mol.